The van der Waals surface area contributed by atoms with Crippen molar-refractivity contribution >= 4 is 11.4 Å². The molecule has 0 spiro atoms. The summed E-state index contributed by atoms with van der Waals surface area (Å²) in [7, 11) is 0. The van der Waals surface area contributed by atoms with Gasteiger partial charge in [-0.05, 0) is 18.4 Å². The molecule has 0 bridgehead atoms. The van der Waals surface area contributed by atoms with Crippen LogP contribution in [0.15, 0.2) is 18.2 Å². The molecule has 0 aliphatic heterocycles. The summed E-state index contributed by atoms with van der Waals surface area (Å²) in [6.07, 6.45) is 0.669. The summed E-state index contributed by atoms with van der Waals surface area (Å²) in [6, 6.07) is 6.07. The van der Waals surface area contributed by atoms with E-state index >= 15 is 0 Å². The SMILES string of the molecule is CC(CCO)CNc1ccc([N+](=O)[O-])cc1C#N. The van der Waals surface area contributed by atoms with Crippen LogP contribution in [0.2, 0.25) is 0 Å². The van der Waals surface area contributed by atoms with E-state index < -0.39 is 4.92 Å². The average Bonchev–Trinajstić information content (AvgIpc) is 2.36. The Kier molecular flexibility index (Phi) is 5.08. The van der Waals surface area contributed by atoms with Gasteiger partial charge in [-0.25, -0.2) is 0 Å². The van der Waals surface area contributed by atoms with Crippen molar-refractivity contribution in [3.8, 4) is 6.07 Å². The number of aliphatic hydroxyl groups excluding tert-OH is 1. The van der Waals surface area contributed by atoms with Gasteiger partial charge in [-0.1, -0.05) is 6.92 Å². The molecule has 0 aliphatic rings. The smallest absolute Gasteiger partial charge is 0.270 e. The minimum atomic E-state index is -0.529. The number of nitro benzene ring substituents is 1. The van der Waals surface area contributed by atoms with E-state index in [1.54, 1.807) is 0 Å². The number of rotatable bonds is 6. The maximum atomic E-state index is 10.6. The van der Waals surface area contributed by atoms with E-state index in [1.807, 2.05) is 13.0 Å². The first-order valence-corrected chi connectivity index (χ1v) is 5.61. The number of nitrogens with zero attached hydrogens (tertiary/aromatic N) is 2. The van der Waals surface area contributed by atoms with Gasteiger partial charge in [-0.15, -0.1) is 0 Å². The third-order valence-electron chi connectivity index (χ3n) is 2.60. The summed E-state index contributed by atoms with van der Waals surface area (Å²) in [5.74, 6) is 0.261. The second kappa shape index (κ2) is 6.57. The van der Waals surface area contributed by atoms with Crippen LogP contribution < -0.4 is 5.32 Å². The molecule has 0 radical (unpaired) electrons. The number of nitrogens with one attached hydrogen (secondary N) is 1. The Bertz CT molecular complexity index is 468. The zero-order chi connectivity index (χ0) is 13.5. The van der Waals surface area contributed by atoms with E-state index in [-0.39, 0.29) is 23.8 Å². The molecule has 0 amide bonds. The number of aliphatic hydroxyl groups is 1. The van der Waals surface area contributed by atoms with E-state index in [0.717, 1.165) is 0 Å². The highest BCUT2D eigenvalue weighted by molar-refractivity contribution is 5.61. The second-order valence-electron chi connectivity index (χ2n) is 4.10. The van der Waals surface area contributed by atoms with Crippen LogP contribution in [0.5, 0.6) is 0 Å². The minimum Gasteiger partial charge on any atom is -0.396 e. The second-order valence-corrected chi connectivity index (χ2v) is 4.10. The van der Waals surface area contributed by atoms with Crippen molar-refractivity contribution in [2.24, 2.45) is 5.92 Å². The predicted octanol–water partition coefficient (Wildman–Crippen LogP) is 1.90. The van der Waals surface area contributed by atoms with Crippen LogP contribution >= 0.6 is 0 Å². The molecule has 6 heteroatoms. The van der Waals surface area contributed by atoms with Crippen LogP contribution in [-0.4, -0.2) is 23.2 Å². The van der Waals surface area contributed by atoms with E-state index in [2.05, 4.69) is 5.32 Å². The topological polar surface area (TPSA) is 99.2 Å². The predicted molar refractivity (Wildman–Crippen MR) is 67.2 cm³/mol. The number of anilines is 1. The summed E-state index contributed by atoms with van der Waals surface area (Å²) in [4.78, 5) is 10.1. The molecule has 0 fully saturated rings. The molecule has 0 aliphatic carbocycles. The average molecular weight is 249 g/mol. The molecule has 0 saturated heterocycles. The first-order valence-electron chi connectivity index (χ1n) is 5.61. The Morgan fingerprint density at radius 2 is 2.33 bits per heavy atom. The molecule has 1 atom stereocenters. The normalized spacial score (nSPS) is 11.6. The van der Waals surface area contributed by atoms with Gasteiger partial charge in [0.15, 0.2) is 0 Å². The van der Waals surface area contributed by atoms with Crippen molar-refractivity contribution in [1.82, 2.24) is 0 Å². The lowest BCUT2D eigenvalue weighted by atomic mass is 10.1. The number of nitro groups is 1. The highest BCUT2D eigenvalue weighted by atomic mass is 16.6. The van der Waals surface area contributed by atoms with Crippen molar-refractivity contribution in [2.75, 3.05) is 18.5 Å². The maximum absolute atomic E-state index is 10.6. The first kappa shape index (κ1) is 13.9. The lowest BCUT2D eigenvalue weighted by molar-refractivity contribution is -0.384. The number of hydrogen-bond donors (Lipinski definition) is 2. The summed E-state index contributed by atoms with van der Waals surface area (Å²) in [5, 5.41) is 31.4. The Morgan fingerprint density at radius 1 is 1.61 bits per heavy atom. The fraction of sp³-hybridized carbons (Fsp3) is 0.417. The van der Waals surface area contributed by atoms with Gasteiger partial charge in [0.2, 0.25) is 0 Å². The number of nitriles is 1. The highest BCUT2D eigenvalue weighted by Gasteiger charge is 2.11. The van der Waals surface area contributed by atoms with Crippen LogP contribution in [0.4, 0.5) is 11.4 Å². The van der Waals surface area contributed by atoms with Crippen LogP contribution in [-0.2, 0) is 0 Å². The van der Waals surface area contributed by atoms with E-state index in [0.29, 0.717) is 18.7 Å². The lowest BCUT2D eigenvalue weighted by Crippen LogP contribution is -2.13. The van der Waals surface area contributed by atoms with Crippen molar-refractivity contribution in [2.45, 2.75) is 13.3 Å². The van der Waals surface area contributed by atoms with E-state index in [9.17, 15) is 10.1 Å². The van der Waals surface area contributed by atoms with Crippen LogP contribution in [0, 0.1) is 27.4 Å². The lowest BCUT2D eigenvalue weighted by Gasteiger charge is -2.13. The third-order valence-corrected chi connectivity index (χ3v) is 2.60. The summed E-state index contributed by atoms with van der Waals surface area (Å²) < 4.78 is 0. The zero-order valence-corrected chi connectivity index (χ0v) is 10.1. The van der Waals surface area contributed by atoms with Crippen LogP contribution in [0.1, 0.15) is 18.9 Å². The molecule has 2 N–H and O–H groups in total. The Balaban J connectivity index is 2.78. The zero-order valence-electron chi connectivity index (χ0n) is 10.1. The van der Waals surface area contributed by atoms with Crippen molar-refractivity contribution in [3.05, 3.63) is 33.9 Å². The number of non-ortho nitro benzene ring substituents is 1. The van der Waals surface area contributed by atoms with Gasteiger partial charge in [0, 0.05) is 25.3 Å². The van der Waals surface area contributed by atoms with Crippen molar-refractivity contribution < 1.29 is 10.0 Å². The molecular weight excluding hydrogens is 234 g/mol. The fourth-order valence-electron chi connectivity index (χ4n) is 1.50. The van der Waals surface area contributed by atoms with Crippen molar-refractivity contribution in [1.29, 1.82) is 5.26 Å². The molecule has 1 aromatic carbocycles. The van der Waals surface area contributed by atoms with Gasteiger partial charge in [-0.3, -0.25) is 10.1 Å². The largest absolute Gasteiger partial charge is 0.396 e. The minimum absolute atomic E-state index is 0.0968. The van der Waals surface area contributed by atoms with Gasteiger partial charge in [0.1, 0.15) is 6.07 Å². The Hall–Kier alpha value is -2.13. The van der Waals surface area contributed by atoms with Gasteiger partial charge in [0.25, 0.3) is 5.69 Å². The molecule has 96 valence electrons. The van der Waals surface area contributed by atoms with Crippen LogP contribution in [0.25, 0.3) is 0 Å². The molecule has 0 heterocycles. The summed E-state index contributed by atoms with van der Waals surface area (Å²) >= 11 is 0. The number of hydrogen-bond acceptors (Lipinski definition) is 5. The van der Waals surface area contributed by atoms with E-state index in [4.69, 9.17) is 10.4 Å². The number of benzene rings is 1. The molecular formula is C12H15N3O3. The van der Waals surface area contributed by atoms with Gasteiger partial charge in [0.05, 0.1) is 16.2 Å². The Morgan fingerprint density at radius 3 is 2.89 bits per heavy atom. The molecule has 0 saturated carbocycles. The van der Waals surface area contributed by atoms with Gasteiger partial charge >= 0.3 is 0 Å². The van der Waals surface area contributed by atoms with Crippen molar-refractivity contribution in [3.63, 3.8) is 0 Å². The summed E-state index contributed by atoms with van der Waals surface area (Å²) in [5.41, 5.74) is 0.730. The monoisotopic (exact) mass is 249 g/mol. The van der Waals surface area contributed by atoms with E-state index in [1.165, 1.54) is 18.2 Å². The van der Waals surface area contributed by atoms with Gasteiger partial charge < -0.3 is 10.4 Å². The van der Waals surface area contributed by atoms with Crippen LogP contribution in [0.3, 0.4) is 0 Å². The third kappa shape index (κ3) is 3.71. The standard InChI is InChI=1S/C12H15N3O3/c1-9(4-5-16)8-14-12-3-2-11(15(17)18)6-10(12)7-13/h2-3,6,9,14,16H,4-5,8H2,1H3. The van der Waals surface area contributed by atoms with Gasteiger partial charge in [-0.2, -0.15) is 5.26 Å². The molecule has 18 heavy (non-hydrogen) atoms. The summed E-state index contributed by atoms with van der Waals surface area (Å²) in [6.45, 7) is 2.70. The maximum Gasteiger partial charge on any atom is 0.270 e. The molecule has 0 aromatic heterocycles. The molecule has 6 nitrogen and oxygen atoms in total. The molecule has 1 unspecified atom stereocenters. The Labute approximate surface area is 105 Å². The quantitative estimate of drug-likeness (QED) is 0.592. The fourth-order valence-corrected chi connectivity index (χ4v) is 1.50. The first-order chi connectivity index (χ1) is 8.58. The highest BCUT2D eigenvalue weighted by Crippen LogP contribution is 2.21. The molecule has 1 rings (SSSR count). The molecule has 1 aromatic rings.